The van der Waals surface area contributed by atoms with Gasteiger partial charge in [0.05, 0.1) is 36.6 Å². The Morgan fingerprint density at radius 2 is 1.52 bits per heavy atom. The zero-order valence-electron chi connectivity index (χ0n) is 42.9. The highest BCUT2D eigenvalue weighted by molar-refractivity contribution is 6.12. The minimum absolute atomic E-state index is 0.0176. The second-order valence-electron chi connectivity index (χ2n) is 19.8. The highest BCUT2D eigenvalue weighted by atomic mass is 16.5. The number of nitrogens with zero attached hydrogens (tertiary/aromatic N) is 4. The number of carboxylic acid groups (broad SMARTS) is 1. The van der Waals surface area contributed by atoms with E-state index >= 15 is 0 Å². The molecule has 0 aromatic heterocycles. The van der Waals surface area contributed by atoms with Crippen molar-refractivity contribution in [2.75, 3.05) is 34.4 Å². The molecule has 3 aliphatic rings. The molecule has 3 aliphatic heterocycles. The molecule has 1 aromatic rings. The number of ether oxygens (including phenoxy) is 2. The van der Waals surface area contributed by atoms with Crippen LogP contribution in [0, 0.1) is 29.6 Å². The molecule has 2 fully saturated rings. The Balaban J connectivity index is 1.46. The first-order valence-corrected chi connectivity index (χ1v) is 25.1. The third-order valence-electron chi connectivity index (χ3n) is 15.1. The van der Waals surface area contributed by atoms with Gasteiger partial charge in [0.25, 0.3) is 11.8 Å². The van der Waals surface area contributed by atoms with Crippen LogP contribution in [0.5, 0.6) is 0 Å². The standard InChI is InChI=1S/C52H80N6O11/c1-12-32(5)46(40(68-10)30-44(62)56-28-20-23-39(56)48(69-11)35(8)49(63)53-37(52(66)67)29-36-21-16-14-17-22-36)55(9)51(65)45(31(3)4)54-50(64)47-34(7)33(6)38(13-2)58(47)43(61)24-18-15-19-27-57-41(59)25-26-42(57)60/h14,16-17,21-22,25-26,31-35,37-40,45-48H,12-13,15,18-20,23-24,27-30H2,1-11H3,(H,53,63)(H,54,64)(H,66,67)/t32-,33-,34?,35+,37-,38?,39-,40+,45-,46-,47-,48+/m0/s1. The smallest absolute Gasteiger partial charge is 0.326 e. The number of likely N-dealkylation sites (N-methyl/N-ethyl adjacent to an activating group) is 1. The van der Waals surface area contributed by atoms with E-state index in [0.29, 0.717) is 51.5 Å². The van der Waals surface area contributed by atoms with Crippen LogP contribution in [0.25, 0.3) is 0 Å². The van der Waals surface area contributed by atoms with E-state index in [2.05, 4.69) is 10.6 Å². The molecule has 17 nitrogen and oxygen atoms in total. The molecule has 2 unspecified atom stereocenters. The van der Waals surface area contributed by atoms with Crippen molar-refractivity contribution in [3.8, 4) is 0 Å². The summed E-state index contributed by atoms with van der Waals surface area (Å²) in [5.41, 5.74) is 0.765. The zero-order valence-corrected chi connectivity index (χ0v) is 42.9. The number of benzene rings is 1. The number of nitrogens with one attached hydrogen (secondary N) is 2. The van der Waals surface area contributed by atoms with E-state index in [-0.39, 0.29) is 85.1 Å². The molecule has 1 aromatic carbocycles. The van der Waals surface area contributed by atoms with Crippen LogP contribution in [0.15, 0.2) is 42.5 Å². The molecule has 69 heavy (non-hydrogen) atoms. The van der Waals surface area contributed by atoms with Crippen LogP contribution in [0.1, 0.15) is 119 Å². The summed E-state index contributed by atoms with van der Waals surface area (Å²) in [5.74, 6) is -4.91. The van der Waals surface area contributed by atoms with E-state index in [0.717, 1.165) is 5.56 Å². The Kier molecular flexibility index (Phi) is 21.4. The summed E-state index contributed by atoms with van der Waals surface area (Å²) in [4.78, 5) is 114. The van der Waals surface area contributed by atoms with Gasteiger partial charge >= 0.3 is 5.97 Å². The lowest BCUT2D eigenvalue weighted by atomic mass is 9.88. The van der Waals surface area contributed by atoms with Crippen LogP contribution >= 0.6 is 0 Å². The summed E-state index contributed by atoms with van der Waals surface area (Å²) in [6, 6.07) is 4.89. The molecule has 384 valence electrons. The van der Waals surface area contributed by atoms with Crippen molar-refractivity contribution in [1.82, 2.24) is 30.2 Å². The number of aliphatic carboxylic acids is 1. The SMILES string of the molecule is CCC1[C@@H](C)C(C)[C@@H](C(=O)N[C@H](C(=O)N(C)[C@@H]([C@@H](C)CC)[C@@H](CC(=O)N2CCC[C@H]2[C@H](OC)[C@@H](C)C(=O)N[C@@H](Cc2ccccc2)C(=O)O)OC)C(C)C)N1C(=O)CCCCCN1C(=O)C=CC1=O. The molecule has 3 N–H and O–H groups in total. The summed E-state index contributed by atoms with van der Waals surface area (Å²) in [5, 5.41) is 15.7. The Bertz CT molecular complexity index is 1960. The molecule has 4 rings (SSSR count). The van der Waals surface area contributed by atoms with Gasteiger partial charge in [-0.3, -0.25) is 38.5 Å². The minimum Gasteiger partial charge on any atom is -0.480 e. The topological polar surface area (TPSA) is 212 Å². The van der Waals surface area contributed by atoms with Crippen molar-refractivity contribution in [2.24, 2.45) is 29.6 Å². The van der Waals surface area contributed by atoms with Crippen LogP contribution in [0.3, 0.4) is 0 Å². The summed E-state index contributed by atoms with van der Waals surface area (Å²) < 4.78 is 12.0. The maximum absolute atomic E-state index is 14.8. The van der Waals surface area contributed by atoms with Crippen LogP contribution in [0.4, 0.5) is 0 Å². The predicted octanol–water partition coefficient (Wildman–Crippen LogP) is 4.61. The van der Waals surface area contributed by atoms with E-state index in [1.807, 2.05) is 54.5 Å². The number of carbonyl (C=O) groups is 8. The van der Waals surface area contributed by atoms with Gasteiger partial charge in [-0.1, -0.05) is 98.6 Å². The van der Waals surface area contributed by atoms with Gasteiger partial charge in [-0.2, -0.15) is 0 Å². The summed E-state index contributed by atoms with van der Waals surface area (Å²) in [6.07, 6.45) is 5.49. The molecule has 2 saturated heterocycles. The summed E-state index contributed by atoms with van der Waals surface area (Å²) in [7, 11) is 4.67. The highest BCUT2D eigenvalue weighted by Crippen LogP contribution is 2.38. The van der Waals surface area contributed by atoms with E-state index in [9.17, 15) is 43.5 Å². The average molecular weight is 965 g/mol. The van der Waals surface area contributed by atoms with Gasteiger partial charge in [-0.15, -0.1) is 0 Å². The molecule has 0 spiro atoms. The van der Waals surface area contributed by atoms with Crippen molar-refractivity contribution in [3.05, 3.63) is 48.0 Å². The number of rotatable bonds is 26. The van der Waals surface area contributed by atoms with Crippen LogP contribution in [-0.2, 0) is 54.3 Å². The Morgan fingerprint density at radius 1 is 0.870 bits per heavy atom. The lowest BCUT2D eigenvalue weighted by Crippen LogP contribution is -2.60. The van der Waals surface area contributed by atoms with Gasteiger partial charge in [0.2, 0.25) is 29.5 Å². The molecule has 0 radical (unpaired) electrons. The molecule has 17 heteroatoms. The number of imide groups is 1. The lowest BCUT2D eigenvalue weighted by Gasteiger charge is -2.41. The first kappa shape index (κ1) is 56.4. The number of carboxylic acids is 1. The molecular weight excluding hydrogens is 885 g/mol. The number of methoxy groups -OCH3 is 2. The van der Waals surface area contributed by atoms with E-state index in [1.165, 1.54) is 31.3 Å². The lowest BCUT2D eigenvalue weighted by molar-refractivity contribution is -0.149. The maximum atomic E-state index is 14.8. The van der Waals surface area contributed by atoms with Gasteiger partial charge in [0, 0.05) is 65.4 Å². The summed E-state index contributed by atoms with van der Waals surface area (Å²) >= 11 is 0. The molecule has 0 aliphatic carbocycles. The number of unbranched alkanes of at least 4 members (excludes halogenated alkanes) is 2. The predicted molar refractivity (Wildman–Crippen MR) is 260 cm³/mol. The summed E-state index contributed by atoms with van der Waals surface area (Å²) in [6.45, 7) is 16.1. The number of carbonyl (C=O) groups excluding carboxylic acids is 7. The number of hydrogen-bond donors (Lipinski definition) is 3. The third kappa shape index (κ3) is 13.8. The maximum Gasteiger partial charge on any atom is 0.326 e. The molecule has 7 amide bonds. The Labute approximate surface area is 409 Å². The van der Waals surface area contributed by atoms with Crippen LogP contribution in [-0.4, -0.2) is 155 Å². The van der Waals surface area contributed by atoms with Crippen molar-refractivity contribution in [2.45, 2.75) is 168 Å². The molecule has 12 atom stereocenters. The third-order valence-corrected chi connectivity index (χ3v) is 15.1. The van der Waals surface area contributed by atoms with Gasteiger partial charge in [0.1, 0.15) is 18.1 Å². The number of likely N-dealkylation sites (tertiary alicyclic amines) is 2. The van der Waals surface area contributed by atoms with Crippen molar-refractivity contribution < 1.29 is 52.9 Å². The Hall–Kier alpha value is -5.16. The molecule has 0 bridgehead atoms. The molecule has 0 saturated carbocycles. The average Bonchev–Trinajstić information content (AvgIpc) is 4.01. The fourth-order valence-electron chi connectivity index (χ4n) is 10.8. The Morgan fingerprint density at radius 3 is 2.09 bits per heavy atom. The van der Waals surface area contributed by atoms with Crippen molar-refractivity contribution in [3.63, 3.8) is 0 Å². The van der Waals surface area contributed by atoms with Crippen LogP contribution < -0.4 is 10.6 Å². The first-order valence-electron chi connectivity index (χ1n) is 25.1. The van der Waals surface area contributed by atoms with E-state index in [1.54, 1.807) is 52.9 Å². The fraction of sp³-hybridized carbons (Fsp3) is 0.692. The second-order valence-corrected chi connectivity index (χ2v) is 19.8. The largest absolute Gasteiger partial charge is 0.480 e. The van der Waals surface area contributed by atoms with Gasteiger partial charge < -0.3 is 39.9 Å². The second kappa shape index (κ2) is 26.2. The van der Waals surface area contributed by atoms with Crippen molar-refractivity contribution in [1.29, 1.82) is 0 Å². The monoisotopic (exact) mass is 965 g/mol. The van der Waals surface area contributed by atoms with Gasteiger partial charge in [0.15, 0.2) is 0 Å². The van der Waals surface area contributed by atoms with Crippen LogP contribution in [0.2, 0.25) is 0 Å². The van der Waals surface area contributed by atoms with E-state index < -0.39 is 66.1 Å². The van der Waals surface area contributed by atoms with Gasteiger partial charge in [-0.05, 0) is 61.3 Å². The van der Waals surface area contributed by atoms with Crippen molar-refractivity contribution >= 4 is 47.3 Å². The first-order chi connectivity index (χ1) is 32.7. The minimum atomic E-state index is -1.16. The molecular formula is C52H80N6O11. The number of hydrogen-bond acceptors (Lipinski definition) is 10. The fourth-order valence-corrected chi connectivity index (χ4v) is 10.8. The van der Waals surface area contributed by atoms with E-state index in [4.69, 9.17) is 9.47 Å². The quantitative estimate of drug-likeness (QED) is 0.0863. The number of amides is 7. The van der Waals surface area contributed by atoms with Gasteiger partial charge in [-0.25, -0.2) is 4.79 Å². The highest BCUT2D eigenvalue weighted by Gasteiger charge is 2.50. The molecule has 3 heterocycles. The normalized spacial score (nSPS) is 23.4. The zero-order chi connectivity index (χ0) is 51.3.